The zero-order valence-corrected chi connectivity index (χ0v) is 13.0. The van der Waals surface area contributed by atoms with Crippen molar-refractivity contribution in [1.82, 2.24) is 4.72 Å². The number of ether oxygens (including phenoxy) is 1. The molecule has 1 saturated carbocycles. The van der Waals surface area contributed by atoms with E-state index in [1.807, 2.05) is 0 Å². The highest BCUT2D eigenvalue weighted by molar-refractivity contribution is 7.89. The average Bonchev–Trinajstić information content (AvgIpc) is 2.35. The lowest BCUT2D eigenvalue weighted by Crippen LogP contribution is -2.47. The minimum atomic E-state index is -3.64. The molecule has 1 aliphatic rings. The van der Waals surface area contributed by atoms with E-state index in [0.29, 0.717) is 29.0 Å². The molecule has 0 unspecified atom stereocenters. The summed E-state index contributed by atoms with van der Waals surface area (Å²) in [6.45, 7) is 1.42. The number of sulfonamides is 1. The van der Waals surface area contributed by atoms with Gasteiger partial charge in [-0.2, -0.15) is 0 Å². The van der Waals surface area contributed by atoms with Gasteiger partial charge in [0.25, 0.3) is 0 Å². The molecule has 1 aromatic rings. The maximum absolute atomic E-state index is 12.4. The first-order chi connectivity index (χ1) is 9.37. The van der Waals surface area contributed by atoms with Crippen LogP contribution in [0.4, 0.5) is 0 Å². The molecule has 0 atom stereocenters. The van der Waals surface area contributed by atoms with Crippen molar-refractivity contribution in [2.24, 2.45) is 0 Å². The largest absolute Gasteiger partial charge is 0.392 e. The minimum Gasteiger partial charge on any atom is -0.392 e. The van der Waals surface area contributed by atoms with Crippen molar-refractivity contribution < 1.29 is 18.3 Å². The highest BCUT2D eigenvalue weighted by Crippen LogP contribution is 2.28. The van der Waals surface area contributed by atoms with Gasteiger partial charge in [-0.1, -0.05) is 11.6 Å². The Morgan fingerprint density at radius 2 is 2.10 bits per heavy atom. The molecule has 1 fully saturated rings. The summed E-state index contributed by atoms with van der Waals surface area (Å²) in [5.74, 6) is 0. The normalized spacial score (nSPS) is 22.6. The number of halogens is 1. The lowest BCUT2D eigenvalue weighted by atomic mass is 9.90. The number of hydrogen-bond donors (Lipinski definition) is 2. The zero-order valence-electron chi connectivity index (χ0n) is 11.4. The zero-order chi connectivity index (χ0) is 14.9. The molecule has 0 saturated heterocycles. The fourth-order valence-corrected chi connectivity index (χ4v) is 4.17. The predicted octanol–water partition coefficient (Wildman–Crippen LogP) is 1.60. The van der Waals surface area contributed by atoms with Gasteiger partial charge < -0.3 is 9.84 Å². The van der Waals surface area contributed by atoms with Crippen molar-refractivity contribution in [2.75, 3.05) is 7.11 Å². The summed E-state index contributed by atoms with van der Waals surface area (Å²) in [5, 5.41) is 9.54. The number of aliphatic hydroxyl groups excluding tert-OH is 1. The molecule has 20 heavy (non-hydrogen) atoms. The fourth-order valence-electron chi connectivity index (χ4n) is 2.29. The number of hydrogen-bond acceptors (Lipinski definition) is 4. The summed E-state index contributed by atoms with van der Waals surface area (Å²) < 4.78 is 32.5. The van der Waals surface area contributed by atoms with Gasteiger partial charge in [0.1, 0.15) is 0 Å². The second-order valence-electron chi connectivity index (χ2n) is 4.99. The summed E-state index contributed by atoms with van der Waals surface area (Å²) >= 11 is 5.91. The van der Waals surface area contributed by atoms with E-state index in [2.05, 4.69) is 4.72 Å². The summed E-state index contributed by atoms with van der Waals surface area (Å²) in [6.07, 6.45) is 1.46. The Labute approximate surface area is 124 Å². The lowest BCUT2D eigenvalue weighted by molar-refractivity contribution is 0.0236. The SMILES string of the molecule is COC1CC(NS(=O)(=O)c2cc(Cl)cc(CO)c2C)C1. The number of methoxy groups -OCH3 is 1. The van der Waals surface area contributed by atoms with Crippen LogP contribution in [-0.4, -0.2) is 32.8 Å². The Kier molecular flexibility index (Phi) is 4.71. The maximum atomic E-state index is 12.4. The van der Waals surface area contributed by atoms with E-state index in [1.165, 1.54) is 6.07 Å². The molecule has 0 amide bonds. The molecule has 0 bridgehead atoms. The molecule has 1 aliphatic carbocycles. The molecule has 0 radical (unpaired) electrons. The Bertz CT molecular complexity index is 597. The molecule has 1 aromatic carbocycles. The van der Waals surface area contributed by atoms with Crippen LogP contribution in [0.15, 0.2) is 17.0 Å². The van der Waals surface area contributed by atoms with Crippen LogP contribution in [0.25, 0.3) is 0 Å². The van der Waals surface area contributed by atoms with Crippen LogP contribution in [0.1, 0.15) is 24.0 Å². The van der Waals surface area contributed by atoms with E-state index in [-0.39, 0.29) is 23.6 Å². The Morgan fingerprint density at radius 1 is 1.45 bits per heavy atom. The minimum absolute atomic E-state index is 0.110. The van der Waals surface area contributed by atoms with Crippen LogP contribution < -0.4 is 4.72 Å². The van der Waals surface area contributed by atoms with Crippen LogP contribution in [0.2, 0.25) is 5.02 Å². The summed E-state index contributed by atoms with van der Waals surface area (Å²) in [5.41, 5.74) is 1.04. The van der Waals surface area contributed by atoms with Gasteiger partial charge in [-0.3, -0.25) is 0 Å². The van der Waals surface area contributed by atoms with Crippen LogP contribution in [0, 0.1) is 6.92 Å². The van der Waals surface area contributed by atoms with Crippen molar-refractivity contribution in [2.45, 2.75) is 43.4 Å². The number of nitrogens with one attached hydrogen (secondary N) is 1. The molecule has 112 valence electrons. The highest BCUT2D eigenvalue weighted by Gasteiger charge is 2.33. The van der Waals surface area contributed by atoms with E-state index in [1.54, 1.807) is 20.1 Å². The van der Waals surface area contributed by atoms with Gasteiger partial charge in [0.05, 0.1) is 17.6 Å². The molecule has 2 rings (SSSR count). The van der Waals surface area contributed by atoms with E-state index in [9.17, 15) is 13.5 Å². The highest BCUT2D eigenvalue weighted by atomic mass is 35.5. The Balaban J connectivity index is 2.24. The lowest BCUT2D eigenvalue weighted by Gasteiger charge is -2.34. The van der Waals surface area contributed by atoms with E-state index >= 15 is 0 Å². The second kappa shape index (κ2) is 5.99. The van der Waals surface area contributed by atoms with E-state index < -0.39 is 10.0 Å². The van der Waals surface area contributed by atoms with Crippen molar-refractivity contribution in [1.29, 1.82) is 0 Å². The Hall–Kier alpha value is -0.660. The van der Waals surface area contributed by atoms with Gasteiger partial charge in [-0.05, 0) is 43.0 Å². The average molecular weight is 320 g/mol. The summed E-state index contributed by atoms with van der Waals surface area (Å²) in [4.78, 5) is 0.120. The van der Waals surface area contributed by atoms with E-state index in [0.717, 1.165) is 0 Å². The van der Waals surface area contributed by atoms with Crippen molar-refractivity contribution >= 4 is 21.6 Å². The standard InChI is InChI=1S/C13H18ClNO4S/c1-8-9(7-16)3-10(14)4-13(8)20(17,18)15-11-5-12(6-11)19-2/h3-4,11-12,15-16H,5-7H2,1-2H3. The van der Waals surface area contributed by atoms with Crippen LogP contribution in [0.3, 0.4) is 0 Å². The second-order valence-corrected chi connectivity index (χ2v) is 7.11. The summed E-state index contributed by atoms with van der Waals surface area (Å²) in [6, 6.07) is 2.87. The first kappa shape index (κ1) is 15.7. The molecular formula is C13H18ClNO4S. The van der Waals surface area contributed by atoms with Crippen LogP contribution in [-0.2, 0) is 21.4 Å². The molecule has 0 aromatic heterocycles. The van der Waals surface area contributed by atoms with Crippen molar-refractivity contribution in [3.05, 3.63) is 28.3 Å². The number of benzene rings is 1. The maximum Gasteiger partial charge on any atom is 0.241 e. The third-order valence-corrected chi connectivity index (χ3v) is 5.51. The molecular weight excluding hydrogens is 302 g/mol. The number of aliphatic hydroxyl groups is 1. The third kappa shape index (κ3) is 3.15. The monoisotopic (exact) mass is 319 g/mol. The van der Waals surface area contributed by atoms with Crippen molar-refractivity contribution in [3.8, 4) is 0 Å². The molecule has 7 heteroatoms. The fraction of sp³-hybridized carbons (Fsp3) is 0.538. The van der Waals surface area contributed by atoms with Crippen LogP contribution in [0.5, 0.6) is 0 Å². The Morgan fingerprint density at radius 3 is 2.65 bits per heavy atom. The quantitative estimate of drug-likeness (QED) is 0.864. The van der Waals surface area contributed by atoms with Gasteiger partial charge in [-0.25, -0.2) is 13.1 Å². The van der Waals surface area contributed by atoms with Crippen molar-refractivity contribution in [3.63, 3.8) is 0 Å². The van der Waals surface area contributed by atoms with Gasteiger partial charge in [0.2, 0.25) is 10.0 Å². The molecule has 5 nitrogen and oxygen atoms in total. The molecule has 0 heterocycles. The summed E-state index contributed by atoms with van der Waals surface area (Å²) in [7, 11) is -2.02. The topological polar surface area (TPSA) is 75.6 Å². The smallest absolute Gasteiger partial charge is 0.241 e. The molecule has 0 spiro atoms. The van der Waals surface area contributed by atoms with Gasteiger partial charge in [0.15, 0.2) is 0 Å². The van der Waals surface area contributed by atoms with Crippen LogP contribution >= 0.6 is 11.6 Å². The van der Waals surface area contributed by atoms with Gasteiger partial charge in [-0.15, -0.1) is 0 Å². The first-order valence-corrected chi connectivity index (χ1v) is 8.18. The van der Waals surface area contributed by atoms with Gasteiger partial charge in [0, 0.05) is 18.2 Å². The molecule has 0 aliphatic heterocycles. The number of rotatable bonds is 5. The van der Waals surface area contributed by atoms with Gasteiger partial charge >= 0.3 is 0 Å². The first-order valence-electron chi connectivity index (χ1n) is 6.32. The third-order valence-electron chi connectivity index (χ3n) is 3.64. The predicted molar refractivity (Wildman–Crippen MR) is 76.3 cm³/mol. The molecule has 2 N–H and O–H groups in total. The van der Waals surface area contributed by atoms with E-state index in [4.69, 9.17) is 16.3 Å².